The fourth-order valence-corrected chi connectivity index (χ4v) is 4.64. The number of rotatable bonds is 6. The SMILES string of the molecule is Cc1ccc(C2CC2COc2nc(C)ncc2C2CCC(C(C)(C)O)CC2)nc1. The van der Waals surface area contributed by atoms with Gasteiger partial charge in [-0.25, -0.2) is 4.98 Å². The van der Waals surface area contributed by atoms with Gasteiger partial charge < -0.3 is 9.84 Å². The second-order valence-corrected chi connectivity index (χ2v) is 9.55. The number of aliphatic hydroxyl groups is 1. The summed E-state index contributed by atoms with van der Waals surface area (Å²) in [6, 6.07) is 4.27. The van der Waals surface area contributed by atoms with E-state index in [4.69, 9.17) is 4.74 Å². The molecular weight excluding hydrogens is 362 g/mol. The minimum Gasteiger partial charge on any atom is -0.477 e. The third kappa shape index (κ3) is 4.77. The summed E-state index contributed by atoms with van der Waals surface area (Å²) in [5.74, 6) is 3.30. The van der Waals surface area contributed by atoms with E-state index in [9.17, 15) is 5.11 Å². The Bertz CT molecular complexity index is 836. The highest BCUT2D eigenvalue weighted by molar-refractivity contribution is 5.29. The molecule has 2 aliphatic rings. The lowest BCUT2D eigenvalue weighted by atomic mass is 9.73. The van der Waals surface area contributed by atoms with Crippen molar-refractivity contribution in [2.24, 2.45) is 11.8 Å². The third-order valence-electron chi connectivity index (χ3n) is 6.74. The number of aromatic nitrogens is 3. The summed E-state index contributed by atoms with van der Waals surface area (Å²) in [5.41, 5.74) is 2.91. The Morgan fingerprint density at radius 3 is 2.48 bits per heavy atom. The molecule has 156 valence electrons. The highest BCUT2D eigenvalue weighted by atomic mass is 16.5. The van der Waals surface area contributed by atoms with Crippen molar-refractivity contribution in [1.29, 1.82) is 0 Å². The summed E-state index contributed by atoms with van der Waals surface area (Å²) in [5, 5.41) is 10.3. The fraction of sp³-hybridized carbons (Fsp3) is 0.625. The first-order valence-corrected chi connectivity index (χ1v) is 10.9. The van der Waals surface area contributed by atoms with Crippen LogP contribution in [0.4, 0.5) is 0 Å². The Hall–Kier alpha value is -2.01. The van der Waals surface area contributed by atoms with Gasteiger partial charge in [0.05, 0.1) is 12.2 Å². The quantitative estimate of drug-likeness (QED) is 0.767. The van der Waals surface area contributed by atoms with Gasteiger partial charge in [0.15, 0.2) is 0 Å². The van der Waals surface area contributed by atoms with Crippen LogP contribution in [0.15, 0.2) is 24.5 Å². The maximum Gasteiger partial charge on any atom is 0.220 e. The molecule has 2 saturated carbocycles. The molecule has 0 bridgehead atoms. The molecular formula is C24H33N3O2. The van der Waals surface area contributed by atoms with E-state index in [1.807, 2.05) is 33.2 Å². The van der Waals surface area contributed by atoms with Crippen molar-refractivity contribution in [1.82, 2.24) is 15.0 Å². The van der Waals surface area contributed by atoms with Crippen LogP contribution in [-0.2, 0) is 0 Å². The number of ether oxygens (including phenoxy) is 1. The van der Waals surface area contributed by atoms with E-state index in [1.54, 1.807) is 0 Å². The third-order valence-corrected chi connectivity index (χ3v) is 6.74. The molecule has 2 fully saturated rings. The summed E-state index contributed by atoms with van der Waals surface area (Å²) in [4.78, 5) is 13.6. The Balaban J connectivity index is 1.39. The van der Waals surface area contributed by atoms with Crippen LogP contribution in [0.5, 0.6) is 5.88 Å². The molecule has 5 nitrogen and oxygen atoms in total. The topological polar surface area (TPSA) is 68.1 Å². The van der Waals surface area contributed by atoms with E-state index in [2.05, 4.69) is 34.0 Å². The van der Waals surface area contributed by atoms with Crippen molar-refractivity contribution in [3.8, 4) is 5.88 Å². The van der Waals surface area contributed by atoms with E-state index in [1.165, 1.54) is 11.3 Å². The molecule has 2 atom stereocenters. The van der Waals surface area contributed by atoms with E-state index >= 15 is 0 Å². The summed E-state index contributed by atoms with van der Waals surface area (Å²) < 4.78 is 6.24. The fourth-order valence-electron chi connectivity index (χ4n) is 4.64. The Kier molecular flexibility index (Phi) is 5.60. The van der Waals surface area contributed by atoms with E-state index in [0.29, 0.717) is 30.3 Å². The van der Waals surface area contributed by atoms with Crippen LogP contribution in [0.2, 0.25) is 0 Å². The van der Waals surface area contributed by atoms with Crippen LogP contribution < -0.4 is 4.74 Å². The molecule has 0 radical (unpaired) electrons. The summed E-state index contributed by atoms with van der Waals surface area (Å²) in [6.07, 6.45) is 9.20. The standard InChI is InChI=1S/C24H33N3O2/c1-15-5-10-22(26-12-15)20-11-18(20)14-29-23-21(13-25-16(2)27-23)17-6-8-19(9-7-17)24(3,4)28/h5,10,12-13,17-20,28H,6-9,11,14H2,1-4H3. The first kappa shape index (κ1) is 20.3. The van der Waals surface area contributed by atoms with Gasteiger partial charge in [0.1, 0.15) is 5.82 Å². The monoisotopic (exact) mass is 395 g/mol. The molecule has 4 rings (SSSR count). The van der Waals surface area contributed by atoms with Crippen molar-refractivity contribution in [3.63, 3.8) is 0 Å². The maximum atomic E-state index is 10.3. The number of nitrogens with zero attached hydrogens (tertiary/aromatic N) is 3. The first-order valence-electron chi connectivity index (χ1n) is 10.9. The van der Waals surface area contributed by atoms with Gasteiger partial charge >= 0.3 is 0 Å². The minimum absolute atomic E-state index is 0.365. The largest absolute Gasteiger partial charge is 0.477 e. The first-order chi connectivity index (χ1) is 13.8. The van der Waals surface area contributed by atoms with E-state index in [0.717, 1.165) is 49.4 Å². The van der Waals surface area contributed by atoms with Crippen LogP contribution in [0.1, 0.15) is 80.4 Å². The molecule has 2 aromatic rings. The van der Waals surface area contributed by atoms with Crippen LogP contribution in [-0.4, -0.2) is 32.3 Å². The summed E-state index contributed by atoms with van der Waals surface area (Å²) in [7, 11) is 0. The van der Waals surface area contributed by atoms with Crippen molar-refractivity contribution in [3.05, 3.63) is 47.2 Å². The number of hydrogen-bond acceptors (Lipinski definition) is 5. The van der Waals surface area contributed by atoms with Gasteiger partial charge in [-0.2, -0.15) is 4.98 Å². The normalized spacial score (nSPS) is 26.9. The number of hydrogen-bond donors (Lipinski definition) is 1. The molecule has 2 unspecified atom stereocenters. The van der Waals surface area contributed by atoms with Gasteiger partial charge in [-0.1, -0.05) is 6.07 Å². The predicted octanol–water partition coefficient (Wildman–Crippen LogP) is 4.72. The zero-order chi connectivity index (χ0) is 20.6. The van der Waals surface area contributed by atoms with Crippen LogP contribution in [0.3, 0.4) is 0 Å². The minimum atomic E-state index is -0.598. The van der Waals surface area contributed by atoms with Crippen molar-refractivity contribution in [2.75, 3.05) is 6.61 Å². The molecule has 2 heterocycles. The Morgan fingerprint density at radius 1 is 1.07 bits per heavy atom. The predicted molar refractivity (Wildman–Crippen MR) is 113 cm³/mol. The van der Waals surface area contributed by atoms with Gasteiger partial charge in [0.2, 0.25) is 5.88 Å². The number of pyridine rings is 1. The average molecular weight is 396 g/mol. The van der Waals surface area contributed by atoms with Crippen molar-refractivity contribution in [2.45, 2.75) is 77.2 Å². The van der Waals surface area contributed by atoms with Crippen LogP contribution >= 0.6 is 0 Å². The molecule has 29 heavy (non-hydrogen) atoms. The van der Waals surface area contributed by atoms with Crippen LogP contribution in [0, 0.1) is 25.7 Å². The van der Waals surface area contributed by atoms with Crippen molar-refractivity contribution < 1.29 is 9.84 Å². The molecule has 0 amide bonds. The molecule has 0 aliphatic heterocycles. The summed E-state index contributed by atoms with van der Waals surface area (Å²) >= 11 is 0. The van der Waals surface area contributed by atoms with Gasteiger partial charge in [0, 0.05) is 35.5 Å². The zero-order valence-electron chi connectivity index (χ0n) is 18.1. The highest BCUT2D eigenvalue weighted by Crippen LogP contribution is 2.47. The van der Waals surface area contributed by atoms with Gasteiger partial charge in [-0.3, -0.25) is 4.98 Å². The summed E-state index contributed by atoms with van der Waals surface area (Å²) in [6.45, 7) is 8.52. The molecule has 0 aromatic carbocycles. The lowest BCUT2D eigenvalue weighted by Crippen LogP contribution is -2.33. The molecule has 5 heteroatoms. The average Bonchev–Trinajstić information content (AvgIpc) is 3.46. The van der Waals surface area contributed by atoms with Gasteiger partial charge in [-0.15, -0.1) is 0 Å². The lowest BCUT2D eigenvalue weighted by molar-refractivity contribution is -0.00168. The van der Waals surface area contributed by atoms with Gasteiger partial charge in [0.25, 0.3) is 0 Å². The maximum absolute atomic E-state index is 10.3. The van der Waals surface area contributed by atoms with E-state index < -0.39 is 5.60 Å². The smallest absolute Gasteiger partial charge is 0.220 e. The lowest BCUT2D eigenvalue weighted by Gasteiger charge is -2.36. The molecule has 1 N–H and O–H groups in total. The second kappa shape index (κ2) is 8.02. The van der Waals surface area contributed by atoms with Gasteiger partial charge in [-0.05, 0) is 83.3 Å². The highest BCUT2D eigenvalue weighted by Gasteiger charge is 2.40. The van der Waals surface area contributed by atoms with E-state index in [-0.39, 0.29) is 0 Å². The molecule has 0 spiro atoms. The van der Waals surface area contributed by atoms with Crippen molar-refractivity contribution >= 4 is 0 Å². The van der Waals surface area contributed by atoms with Crippen LogP contribution in [0.25, 0.3) is 0 Å². The molecule has 2 aromatic heterocycles. The Morgan fingerprint density at radius 2 is 1.83 bits per heavy atom. The zero-order valence-corrected chi connectivity index (χ0v) is 18.1. The number of aryl methyl sites for hydroxylation is 2. The molecule has 2 aliphatic carbocycles. The molecule has 0 saturated heterocycles. The Labute approximate surface area is 174 Å². The second-order valence-electron chi connectivity index (χ2n) is 9.55.